The van der Waals surface area contributed by atoms with E-state index in [2.05, 4.69) is 31.4 Å². The first-order chi connectivity index (χ1) is 11.7. The number of nitro groups is 1. The highest BCUT2D eigenvalue weighted by Crippen LogP contribution is 2.21. The molecule has 0 saturated heterocycles. The fourth-order valence-corrected chi connectivity index (χ4v) is 2.93. The van der Waals surface area contributed by atoms with Crippen molar-refractivity contribution in [2.75, 3.05) is 6.54 Å². The number of aromatic nitrogens is 4. The van der Waals surface area contributed by atoms with E-state index in [1.54, 1.807) is 13.8 Å². The van der Waals surface area contributed by atoms with Gasteiger partial charge in [-0.25, -0.2) is 0 Å². The molecular weight excluding hydrogens is 392 g/mol. The van der Waals surface area contributed by atoms with Crippen LogP contribution >= 0.6 is 15.9 Å². The third kappa shape index (κ3) is 4.25. The molecule has 0 bridgehead atoms. The summed E-state index contributed by atoms with van der Waals surface area (Å²) in [5.74, 6) is -0.227. The number of carbonyl (C=O) groups is 1. The van der Waals surface area contributed by atoms with Crippen molar-refractivity contribution in [1.29, 1.82) is 0 Å². The minimum Gasteiger partial charge on any atom is -0.354 e. The Bertz CT molecular complexity index is 811. The second-order valence-corrected chi connectivity index (χ2v) is 6.64. The fourth-order valence-electron chi connectivity index (χ4n) is 2.65. The number of aryl methyl sites for hydroxylation is 3. The van der Waals surface area contributed by atoms with Gasteiger partial charge in [0.25, 0.3) is 0 Å². The van der Waals surface area contributed by atoms with Crippen molar-refractivity contribution >= 4 is 27.5 Å². The molecule has 136 valence electrons. The second-order valence-electron chi connectivity index (χ2n) is 5.85. The lowest BCUT2D eigenvalue weighted by Crippen LogP contribution is -2.29. The topological polar surface area (TPSA) is 108 Å². The van der Waals surface area contributed by atoms with Gasteiger partial charge in [0.2, 0.25) is 5.91 Å². The summed E-state index contributed by atoms with van der Waals surface area (Å²) in [6.07, 6.45) is 0.734. The van der Waals surface area contributed by atoms with Crippen molar-refractivity contribution in [2.45, 2.75) is 47.2 Å². The Morgan fingerprint density at radius 3 is 2.32 bits per heavy atom. The SMILES string of the molecule is Cc1nn(CCCNC(=O)Cn2nc(C)c([N+](=O)[O-])c2C)c(C)c1Br. The Balaban J connectivity index is 1.84. The lowest BCUT2D eigenvalue weighted by atomic mass is 10.3. The summed E-state index contributed by atoms with van der Waals surface area (Å²) in [4.78, 5) is 22.5. The average Bonchev–Trinajstić information content (AvgIpc) is 2.94. The molecule has 1 N–H and O–H groups in total. The van der Waals surface area contributed by atoms with E-state index in [1.807, 2.05) is 18.5 Å². The highest BCUT2D eigenvalue weighted by Gasteiger charge is 2.22. The largest absolute Gasteiger partial charge is 0.354 e. The van der Waals surface area contributed by atoms with Crippen LogP contribution in [0.2, 0.25) is 0 Å². The number of rotatable bonds is 7. The molecule has 25 heavy (non-hydrogen) atoms. The maximum Gasteiger partial charge on any atom is 0.312 e. The van der Waals surface area contributed by atoms with Gasteiger partial charge in [0.15, 0.2) is 0 Å². The summed E-state index contributed by atoms with van der Waals surface area (Å²) >= 11 is 3.48. The van der Waals surface area contributed by atoms with E-state index >= 15 is 0 Å². The first-order valence-corrected chi connectivity index (χ1v) is 8.66. The van der Waals surface area contributed by atoms with Crippen LogP contribution in [0.3, 0.4) is 0 Å². The molecule has 2 rings (SSSR count). The highest BCUT2D eigenvalue weighted by molar-refractivity contribution is 9.10. The van der Waals surface area contributed by atoms with Crippen LogP contribution < -0.4 is 5.32 Å². The van der Waals surface area contributed by atoms with E-state index in [-0.39, 0.29) is 18.1 Å². The zero-order valence-electron chi connectivity index (χ0n) is 14.7. The predicted octanol–water partition coefficient (Wildman–Crippen LogP) is 2.19. The molecule has 2 aromatic heterocycles. The molecule has 0 unspecified atom stereocenters. The van der Waals surface area contributed by atoms with Crippen LogP contribution in [0.1, 0.15) is 29.2 Å². The Hall–Kier alpha value is -2.23. The molecule has 0 fully saturated rings. The second kappa shape index (κ2) is 7.77. The average molecular weight is 413 g/mol. The Morgan fingerprint density at radius 1 is 1.16 bits per heavy atom. The summed E-state index contributed by atoms with van der Waals surface area (Å²) in [5, 5.41) is 22.3. The number of nitrogens with zero attached hydrogens (tertiary/aromatic N) is 5. The number of hydrogen-bond donors (Lipinski definition) is 1. The van der Waals surface area contributed by atoms with Crippen LogP contribution in [-0.2, 0) is 17.9 Å². The van der Waals surface area contributed by atoms with Crippen molar-refractivity contribution in [3.05, 3.63) is 37.4 Å². The quantitative estimate of drug-likeness (QED) is 0.425. The van der Waals surface area contributed by atoms with E-state index in [0.29, 0.717) is 24.5 Å². The Morgan fingerprint density at radius 2 is 1.80 bits per heavy atom. The van der Waals surface area contributed by atoms with Crippen LogP contribution in [0.5, 0.6) is 0 Å². The standard InChI is InChI=1S/C15H21BrN6O3/c1-9-14(16)11(3)20(18-9)7-5-6-17-13(23)8-21-12(4)15(22(24)25)10(2)19-21/h5-8H2,1-4H3,(H,17,23). The summed E-state index contributed by atoms with van der Waals surface area (Å²) in [6.45, 7) is 8.23. The molecular formula is C15H21BrN6O3. The Kier molecular flexibility index (Phi) is 5.93. The molecule has 2 aromatic rings. The first kappa shape index (κ1) is 19.1. The maximum atomic E-state index is 12.0. The van der Waals surface area contributed by atoms with Gasteiger partial charge in [-0.3, -0.25) is 24.3 Å². The van der Waals surface area contributed by atoms with E-state index in [0.717, 1.165) is 22.3 Å². The third-order valence-corrected chi connectivity index (χ3v) is 5.13. The first-order valence-electron chi connectivity index (χ1n) is 7.87. The molecule has 2 heterocycles. The van der Waals surface area contributed by atoms with Gasteiger partial charge in [0.05, 0.1) is 15.1 Å². The smallest absolute Gasteiger partial charge is 0.312 e. The van der Waals surface area contributed by atoms with Crippen molar-refractivity contribution in [2.24, 2.45) is 0 Å². The van der Waals surface area contributed by atoms with Crippen molar-refractivity contribution in [1.82, 2.24) is 24.9 Å². The minimum absolute atomic E-state index is 0.0357. The maximum absolute atomic E-state index is 12.0. The molecule has 0 saturated carbocycles. The molecule has 9 nitrogen and oxygen atoms in total. The summed E-state index contributed by atoms with van der Waals surface area (Å²) in [7, 11) is 0. The van der Waals surface area contributed by atoms with Crippen LogP contribution in [0.25, 0.3) is 0 Å². The molecule has 0 aromatic carbocycles. The molecule has 1 amide bonds. The number of hydrogen-bond acceptors (Lipinski definition) is 5. The number of carbonyl (C=O) groups excluding carboxylic acids is 1. The molecule has 10 heteroatoms. The van der Waals surface area contributed by atoms with Gasteiger partial charge >= 0.3 is 5.69 Å². The van der Waals surface area contributed by atoms with Gasteiger partial charge in [-0.15, -0.1) is 0 Å². The summed E-state index contributed by atoms with van der Waals surface area (Å²) < 4.78 is 4.26. The van der Waals surface area contributed by atoms with Gasteiger partial charge in [-0.2, -0.15) is 10.2 Å². The van der Waals surface area contributed by atoms with E-state index in [1.165, 1.54) is 4.68 Å². The summed E-state index contributed by atoms with van der Waals surface area (Å²) in [5.41, 5.74) is 2.64. The zero-order chi connectivity index (χ0) is 18.7. The van der Waals surface area contributed by atoms with Crippen LogP contribution in [-0.4, -0.2) is 36.9 Å². The predicted molar refractivity (Wildman–Crippen MR) is 95.4 cm³/mol. The van der Waals surface area contributed by atoms with E-state index < -0.39 is 4.92 Å². The van der Waals surface area contributed by atoms with Crippen LogP contribution in [0.4, 0.5) is 5.69 Å². The van der Waals surface area contributed by atoms with Crippen LogP contribution in [0, 0.1) is 37.8 Å². The molecule has 0 aliphatic heterocycles. The van der Waals surface area contributed by atoms with Crippen molar-refractivity contribution in [3.8, 4) is 0 Å². The van der Waals surface area contributed by atoms with Crippen molar-refractivity contribution in [3.63, 3.8) is 0 Å². The lowest BCUT2D eigenvalue weighted by Gasteiger charge is -2.07. The van der Waals surface area contributed by atoms with Gasteiger partial charge in [-0.1, -0.05) is 0 Å². The Labute approximate surface area is 153 Å². The van der Waals surface area contributed by atoms with Crippen molar-refractivity contribution < 1.29 is 9.72 Å². The molecule has 0 radical (unpaired) electrons. The zero-order valence-corrected chi connectivity index (χ0v) is 16.3. The third-order valence-electron chi connectivity index (χ3n) is 3.98. The molecule has 0 spiro atoms. The molecule has 0 atom stereocenters. The number of nitrogens with one attached hydrogen (secondary N) is 1. The number of amides is 1. The monoisotopic (exact) mass is 412 g/mol. The van der Waals surface area contributed by atoms with Gasteiger partial charge < -0.3 is 5.32 Å². The van der Waals surface area contributed by atoms with Gasteiger partial charge in [0, 0.05) is 18.8 Å². The van der Waals surface area contributed by atoms with Crippen LogP contribution in [0.15, 0.2) is 4.47 Å². The van der Waals surface area contributed by atoms with E-state index in [9.17, 15) is 14.9 Å². The van der Waals surface area contributed by atoms with Gasteiger partial charge in [-0.05, 0) is 50.0 Å². The fraction of sp³-hybridized carbons (Fsp3) is 0.533. The lowest BCUT2D eigenvalue weighted by molar-refractivity contribution is -0.386. The minimum atomic E-state index is -0.474. The van der Waals surface area contributed by atoms with Gasteiger partial charge in [0.1, 0.15) is 17.9 Å². The van der Waals surface area contributed by atoms with E-state index in [4.69, 9.17) is 0 Å². The number of halogens is 1. The normalized spacial score (nSPS) is 10.9. The molecule has 0 aliphatic carbocycles. The molecule has 0 aliphatic rings. The highest BCUT2D eigenvalue weighted by atomic mass is 79.9. The summed E-state index contributed by atoms with van der Waals surface area (Å²) in [6, 6.07) is 0.